The van der Waals surface area contributed by atoms with Gasteiger partial charge in [-0.05, 0) is 44.4 Å². The average Bonchev–Trinajstić information content (AvgIpc) is 2.41. The monoisotopic (exact) mass is 295 g/mol. The molecule has 0 saturated carbocycles. The highest BCUT2D eigenvalue weighted by Crippen LogP contribution is 2.27. The number of hydrogen-bond acceptors (Lipinski definition) is 3. The molecule has 0 aromatic heterocycles. The third kappa shape index (κ3) is 3.31. The Morgan fingerprint density at radius 1 is 1.40 bits per heavy atom. The van der Waals surface area contributed by atoms with Crippen LogP contribution in [-0.2, 0) is 4.79 Å². The Morgan fingerprint density at radius 3 is 2.80 bits per heavy atom. The largest absolute Gasteiger partial charge is 0.506 e. The Bertz CT molecular complexity index is 530. The van der Waals surface area contributed by atoms with Gasteiger partial charge in [0.1, 0.15) is 11.5 Å². The highest BCUT2D eigenvalue weighted by Gasteiger charge is 2.28. The normalized spacial score (nSPS) is 18.9. The molecule has 1 aliphatic rings. The molecule has 1 amide bonds. The summed E-state index contributed by atoms with van der Waals surface area (Å²) in [6.45, 7) is 2.21. The van der Waals surface area contributed by atoms with Gasteiger partial charge >= 0.3 is 0 Å². The summed E-state index contributed by atoms with van der Waals surface area (Å²) in [4.78, 5) is 25.6. The Labute approximate surface area is 123 Å². The molecular weight excluding hydrogens is 278 g/mol. The fraction of sp³-hybridized carbons (Fsp3) is 0.467. The number of Topliss-reactive ketones (excluding diaryl/α,β-unsaturated/α-hetero) is 1. The van der Waals surface area contributed by atoms with Gasteiger partial charge in [0.15, 0.2) is 0 Å². The van der Waals surface area contributed by atoms with Crippen molar-refractivity contribution in [2.24, 2.45) is 0 Å². The third-order valence-electron chi connectivity index (χ3n) is 3.61. The maximum atomic E-state index is 12.5. The lowest BCUT2D eigenvalue weighted by Crippen LogP contribution is -2.44. The van der Waals surface area contributed by atoms with E-state index in [0.717, 1.165) is 19.3 Å². The molecule has 108 valence electrons. The molecule has 1 fully saturated rings. The summed E-state index contributed by atoms with van der Waals surface area (Å²) in [5.41, 5.74) is 0.447. The van der Waals surface area contributed by atoms with Gasteiger partial charge in [0, 0.05) is 24.6 Å². The van der Waals surface area contributed by atoms with Crippen LogP contribution < -0.4 is 0 Å². The molecule has 4 nitrogen and oxygen atoms in total. The first kappa shape index (κ1) is 14.9. The number of carbonyl (C=O) groups excluding carboxylic acids is 2. The number of amides is 1. The van der Waals surface area contributed by atoms with Crippen LogP contribution in [-0.4, -0.2) is 34.3 Å². The molecular formula is C15H18ClNO3. The Kier molecular flexibility index (Phi) is 4.65. The fourth-order valence-corrected chi connectivity index (χ4v) is 2.80. The number of phenolic OH excluding ortho intramolecular Hbond substituents is 1. The van der Waals surface area contributed by atoms with E-state index in [0.29, 0.717) is 18.5 Å². The molecule has 0 spiro atoms. The van der Waals surface area contributed by atoms with Crippen LogP contribution in [0.4, 0.5) is 0 Å². The van der Waals surface area contributed by atoms with Gasteiger partial charge in [-0.15, -0.1) is 0 Å². The smallest absolute Gasteiger partial charge is 0.254 e. The number of benzene rings is 1. The van der Waals surface area contributed by atoms with Crippen LogP contribution in [0.25, 0.3) is 0 Å². The number of nitrogens with zero attached hydrogens (tertiary/aromatic N) is 1. The second-order valence-electron chi connectivity index (χ2n) is 5.22. The van der Waals surface area contributed by atoms with Crippen molar-refractivity contribution in [3.8, 4) is 5.75 Å². The topological polar surface area (TPSA) is 57.6 Å². The van der Waals surface area contributed by atoms with Crippen molar-refractivity contribution < 1.29 is 14.7 Å². The zero-order valence-electron chi connectivity index (χ0n) is 11.4. The van der Waals surface area contributed by atoms with Crippen molar-refractivity contribution in [1.29, 1.82) is 0 Å². The van der Waals surface area contributed by atoms with Crippen molar-refractivity contribution in [3.63, 3.8) is 0 Å². The summed E-state index contributed by atoms with van der Waals surface area (Å²) in [5, 5.41) is 9.57. The molecule has 0 aliphatic carbocycles. The number of phenols is 1. The minimum Gasteiger partial charge on any atom is -0.506 e. The van der Waals surface area contributed by atoms with Crippen LogP contribution in [0.5, 0.6) is 5.75 Å². The van der Waals surface area contributed by atoms with Gasteiger partial charge in [-0.25, -0.2) is 0 Å². The molecule has 1 N–H and O–H groups in total. The van der Waals surface area contributed by atoms with Crippen molar-refractivity contribution in [2.45, 2.75) is 38.6 Å². The van der Waals surface area contributed by atoms with Crippen LogP contribution in [0.2, 0.25) is 5.02 Å². The van der Waals surface area contributed by atoms with E-state index >= 15 is 0 Å². The summed E-state index contributed by atoms with van der Waals surface area (Å²) >= 11 is 5.84. The maximum Gasteiger partial charge on any atom is 0.254 e. The SMILES string of the molecule is CC(=O)CC1CCCCN1C(=O)c1ccc(O)c(Cl)c1. The van der Waals surface area contributed by atoms with E-state index in [9.17, 15) is 14.7 Å². The minimum absolute atomic E-state index is 0.0265. The van der Waals surface area contributed by atoms with Gasteiger partial charge in [-0.3, -0.25) is 9.59 Å². The molecule has 20 heavy (non-hydrogen) atoms. The lowest BCUT2D eigenvalue weighted by atomic mass is 9.97. The molecule has 2 rings (SSSR count). The van der Waals surface area contributed by atoms with Crippen LogP contribution >= 0.6 is 11.6 Å². The summed E-state index contributed by atoms with van der Waals surface area (Å²) in [6.07, 6.45) is 3.25. The van der Waals surface area contributed by atoms with E-state index < -0.39 is 0 Å². The quantitative estimate of drug-likeness (QED) is 0.932. The first-order valence-electron chi connectivity index (χ1n) is 6.78. The number of carbonyl (C=O) groups is 2. The number of piperidine rings is 1. The van der Waals surface area contributed by atoms with Gasteiger partial charge in [-0.1, -0.05) is 11.6 Å². The van der Waals surface area contributed by atoms with Crippen LogP contribution in [0.15, 0.2) is 18.2 Å². The lowest BCUT2D eigenvalue weighted by Gasteiger charge is -2.35. The summed E-state index contributed by atoms with van der Waals surface area (Å²) in [7, 11) is 0. The van der Waals surface area contributed by atoms with E-state index in [4.69, 9.17) is 11.6 Å². The van der Waals surface area contributed by atoms with E-state index in [-0.39, 0.29) is 28.5 Å². The zero-order chi connectivity index (χ0) is 14.7. The number of ketones is 1. The second-order valence-corrected chi connectivity index (χ2v) is 5.63. The van der Waals surface area contributed by atoms with Gasteiger partial charge < -0.3 is 10.0 Å². The molecule has 0 bridgehead atoms. The van der Waals surface area contributed by atoms with Crippen molar-refractivity contribution in [2.75, 3.05) is 6.54 Å². The zero-order valence-corrected chi connectivity index (χ0v) is 12.2. The second kappa shape index (κ2) is 6.27. The molecule has 0 radical (unpaired) electrons. The van der Waals surface area contributed by atoms with E-state index in [1.807, 2.05) is 0 Å². The van der Waals surface area contributed by atoms with E-state index in [1.54, 1.807) is 17.9 Å². The summed E-state index contributed by atoms with van der Waals surface area (Å²) in [5.74, 6) is -0.0709. The Morgan fingerprint density at radius 2 is 2.15 bits per heavy atom. The molecule has 5 heteroatoms. The molecule has 1 unspecified atom stereocenters. The van der Waals surface area contributed by atoms with Crippen LogP contribution in [0, 0.1) is 0 Å². The number of aromatic hydroxyl groups is 1. The molecule has 1 atom stereocenters. The van der Waals surface area contributed by atoms with Gasteiger partial charge in [0.25, 0.3) is 5.91 Å². The summed E-state index contributed by atoms with van der Waals surface area (Å²) < 4.78 is 0. The van der Waals surface area contributed by atoms with Crippen LogP contribution in [0.1, 0.15) is 43.0 Å². The highest BCUT2D eigenvalue weighted by molar-refractivity contribution is 6.32. The van der Waals surface area contributed by atoms with Crippen molar-refractivity contribution in [3.05, 3.63) is 28.8 Å². The summed E-state index contributed by atoms with van der Waals surface area (Å²) in [6, 6.07) is 4.42. The lowest BCUT2D eigenvalue weighted by molar-refractivity contribution is -0.118. The van der Waals surface area contributed by atoms with Crippen LogP contribution in [0.3, 0.4) is 0 Å². The highest BCUT2D eigenvalue weighted by atomic mass is 35.5. The number of hydrogen-bond donors (Lipinski definition) is 1. The van der Waals surface area contributed by atoms with Gasteiger partial charge in [0.2, 0.25) is 0 Å². The fourth-order valence-electron chi connectivity index (χ4n) is 2.62. The molecule has 1 aromatic rings. The first-order chi connectivity index (χ1) is 9.49. The predicted octanol–water partition coefficient (Wildman–Crippen LogP) is 3.02. The van der Waals surface area contributed by atoms with Crippen molar-refractivity contribution in [1.82, 2.24) is 4.90 Å². The van der Waals surface area contributed by atoms with E-state index in [2.05, 4.69) is 0 Å². The Hall–Kier alpha value is -1.55. The van der Waals surface area contributed by atoms with Gasteiger partial charge in [0.05, 0.1) is 5.02 Å². The number of likely N-dealkylation sites (tertiary alicyclic amines) is 1. The Balaban J connectivity index is 2.20. The average molecular weight is 296 g/mol. The molecule has 1 saturated heterocycles. The first-order valence-corrected chi connectivity index (χ1v) is 7.15. The maximum absolute atomic E-state index is 12.5. The van der Waals surface area contributed by atoms with Crippen molar-refractivity contribution >= 4 is 23.3 Å². The predicted molar refractivity (Wildman–Crippen MR) is 77.1 cm³/mol. The molecule has 1 aromatic carbocycles. The molecule has 1 heterocycles. The van der Waals surface area contributed by atoms with E-state index in [1.165, 1.54) is 12.1 Å². The van der Waals surface area contributed by atoms with Gasteiger partial charge in [-0.2, -0.15) is 0 Å². The standard InChI is InChI=1S/C15H18ClNO3/c1-10(18)8-12-4-2-3-7-17(12)15(20)11-5-6-14(19)13(16)9-11/h5-6,9,12,19H,2-4,7-8H2,1H3. The molecule has 1 aliphatic heterocycles. The third-order valence-corrected chi connectivity index (χ3v) is 3.91. The number of halogens is 1. The number of rotatable bonds is 3. The minimum atomic E-state index is -0.127.